The largest absolute Gasteiger partial charge is 0.405 e. The summed E-state index contributed by atoms with van der Waals surface area (Å²) in [4.78, 5) is 27.9. The van der Waals surface area contributed by atoms with Gasteiger partial charge in [0.1, 0.15) is 23.0 Å². The Hall–Kier alpha value is -5.54. The summed E-state index contributed by atoms with van der Waals surface area (Å²) in [6, 6.07) is 18.5. The number of hydrogen-bond donors (Lipinski definition) is 3. The normalized spacial score (nSPS) is 18.7. The van der Waals surface area contributed by atoms with Crippen molar-refractivity contribution in [2.45, 2.75) is 43.6 Å². The summed E-state index contributed by atoms with van der Waals surface area (Å²) < 4.78 is 78.6. The molecule has 0 amide bonds. The molecule has 9 nitrogen and oxygen atoms in total. The van der Waals surface area contributed by atoms with Gasteiger partial charge in [0, 0.05) is 35.6 Å². The van der Waals surface area contributed by atoms with Gasteiger partial charge in [0.25, 0.3) is 5.56 Å². The smallest absolute Gasteiger partial charge is 0.354 e. The summed E-state index contributed by atoms with van der Waals surface area (Å²) in [6.45, 7) is 0.347. The first-order valence-electron chi connectivity index (χ1n) is 15.1. The maximum Gasteiger partial charge on any atom is 0.405 e. The van der Waals surface area contributed by atoms with Crippen LogP contribution in [0.5, 0.6) is 0 Å². The van der Waals surface area contributed by atoms with E-state index in [9.17, 15) is 31.1 Å². The van der Waals surface area contributed by atoms with E-state index in [0.717, 1.165) is 12.3 Å². The Labute approximate surface area is 282 Å². The van der Waals surface area contributed by atoms with E-state index in [4.69, 9.17) is 11.5 Å². The van der Waals surface area contributed by atoms with Crippen LogP contribution in [-0.2, 0) is 11.1 Å². The second kappa shape index (κ2) is 14.5. The molecule has 4 heterocycles. The van der Waals surface area contributed by atoms with Crippen LogP contribution in [0, 0.1) is 23.5 Å². The van der Waals surface area contributed by atoms with Crippen LogP contribution in [0.3, 0.4) is 0 Å². The Morgan fingerprint density at radius 2 is 1.38 bits per heavy atom. The zero-order chi connectivity index (χ0) is 36.2. The van der Waals surface area contributed by atoms with Gasteiger partial charge in [-0.15, -0.1) is 4.73 Å². The zero-order valence-corrected chi connectivity index (χ0v) is 26.6. The average molecular weight is 696 g/mol. The van der Waals surface area contributed by atoms with Gasteiger partial charge in [0.05, 0.1) is 17.8 Å². The molecule has 0 saturated heterocycles. The molecule has 5 aromatic rings. The lowest BCUT2D eigenvalue weighted by Gasteiger charge is -2.34. The molecule has 0 spiro atoms. The number of nitrogens with one attached hydrogen (secondary N) is 1. The number of amidine groups is 1. The van der Waals surface area contributed by atoms with Gasteiger partial charge in [-0.3, -0.25) is 9.79 Å². The molecule has 0 unspecified atom stereocenters. The third kappa shape index (κ3) is 7.23. The lowest BCUT2D eigenvalue weighted by molar-refractivity contribution is -0.135. The van der Waals surface area contributed by atoms with Crippen LogP contribution < -0.4 is 27.2 Å². The highest BCUT2D eigenvalue weighted by atomic mass is 19.3. The molecule has 0 saturated carbocycles. The summed E-state index contributed by atoms with van der Waals surface area (Å²) in [7, 11) is 0. The van der Waals surface area contributed by atoms with Gasteiger partial charge in [0.2, 0.25) is 11.9 Å². The van der Waals surface area contributed by atoms with E-state index in [0.29, 0.717) is 32.5 Å². The number of nitrogens with two attached hydrogens (primary N) is 2. The van der Waals surface area contributed by atoms with E-state index in [2.05, 4.69) is 25.1 Å². The number of halogens is 6. The minimum atomic E-state index is -3.19. The van der Waals surface area contributed by atoms with E-state index in [1.165, 1.54) is 67.0 Å². The fourth-order valence-corrected chi connectivity index (χ4v) is 5.69. The Balaban J connectivity index is 0.000000219. The van der Waals surface area contributed by atoms with Gasteiger partial charge in [-0.25, -0.2) is 18.7 Å². The molecule has 0 radical (unpaired) electrons. The third-order valence-electron chi connectivity index (χ3n) is 8.34. The quantitative estimate of drug-likeness (QED) is 0.158. The lowest BCUT2D eigenvalue weighted by Crippen LogP contribution is -2.51. The topological polar surface area (TPSA) is 133 Å². The van der Waals surface area contributed by atoms with Gasteiger partial charge < -0.3 is 21.6 Å². The van der Waals surface area contributed by atoms with Crippen molar-refractivity contribution in [1.29, 1.82) is 0 Å². The van der Waals surface area contributed by atoms with Gasteiger partial charge in [0.15, 0.2) is 0 Å². The molecule has 0 aliphatic carbocycles. The zero-order valence-electron chi connectivity index (χ0n) is 26.6. The number of aliphatic imine (C=N–C) groups is 1. The van der Waals surface area contributed by atoms with Gasteiger partial charge in [-0.2, -0.15) is 17.6 Å². The van der Waals surface area contributed by atoms with Crippen LogP contribution in [0.4, 0.5) is 26.3 Å². The molecule has 4 atom stereocenters. The van der Waals surface area contributed by atoms with Gasteiger partial charge in [-0.1, -0.05) is 36.4 Å². The van der Waals surface area contributed by atoms with Crippen molar-refractivity contribution in [3.63, 3.8) is 0 Å². The highest BCUT2D eigenvalue weighted by Gasteiger charge is 2.45. The van der Waals surface area contributed by atoms with Crippen LogP contribution in [-0.4, -0.2) is 39.2 Å². The first kappa shape index (κ1) is 35.8. The second-order valence-electron chi connectivity index (χ2n) is 11.4. The predicted octanol–water partition coefficient (Wildman–Crippen LogP) is 4.76. The summed E-state index contributed by atoms with van der Waals surface area (Å²) in [5.74, 6) is -1.75. The molecule has 15 heteroatoms. The molecular formula is C35H31F6N7O2. The van der Waals surface area contributed by atoms with Crippen molar-refractivity contribution in [2.75, 3.05) is 0 Å². The van der Waals surface area contributed by atoms with Crippen LogP contribution in [0.1, 0.15) is 41.7 Å². The average Bonchev–Trinajstić information content (AvgIpc) is 3.44. The van der Waals surface area contributed by atoms with E-state index in [-0.39, 0.29) is 11.7 Å². The molecule has 0 bridgehead atoms. The van der Waals surface area contributed by atoms with E-state index >= 15 is 0 Å². The summed E-state index contributed by atoms with van der Waals surface area (Å²) >= 11 is 0. The van der Waals surface area contributed by atoms with E-state index in [1.807, 2.05) is 0 Å². The first-order valence-corrected chi connectivity index (χ1v) is 15.1. The molecule has 1 aliphatic heterocycles. The molecule has 1 aliphatic rings. The lowest BCUT2D eigenvalue weighted by atomic mass is 9.79. The highest BCUT2D eigenvalue weighted by molar-refractivity contribution is 6.01. The number of alkyl halides is 2. The van der Waals surface area contributed by atoms with E-state index < -0.39 is 53.0 Å². The molecule has 5 N–H and O–H groups in total. The number of hydrogen-bond acceptors (Lipinski definition) is 8. The van der Waals surface area contributed by atoms with Crippen LogP contribution >= 0.6 is 0 Å². The first-order chi connectivity index (χ1) is 23.7. The van der Waals surface area contributed by atoms with Crippen LogP contribution in [0.15, 0.2) is 113 Å². The number of nitrogens with zero attached hydrogens (tertiary/aromatic N) is 4. The summed E-state index contributed by atoms with van der Waals surface area (Å²) in [5.41, 5.74) is 12.2. The van der Waals surface area contributed by atoms with Crippen molar-refractivity contribution < 1.29 is 31.2 Å². The fraction of sp³-hybridized carbons (Fsp3) is 0.200. The number of benzene rings is 2. The standard InChI is InChI=1S/C21H16F4N4O2.C14H15F2N3/c1-12-21(14-3-6-16(22)7-4-14,15-5-8-17(23)26-10-15)28-19(27-12)13-2-9-18(30)29(11-13)31-20(24)25;1-9(17)14(18,10-2-5-12(15)6-3-10)11-4-7-13(16)19-8-11/h2-12,20H,1H3,(H,27,28);2-9H,17-18H2,1H3/t12-,21-;9-,14-/m00/s1. The Bertz CT molecular complexity index is 1910. The Morgan fingerprint density at radius 3 is 1.92 bits per heavy atom. The SMILES string of the molecule is C[C@@H]1N=C(c2ccc(=O)n(OC(F)F)c2)N[C@@]1(c1ccc(F)cc1)c1ccc(F)nc1.C[C@H](N)[C@](N)(c1ccc(F)cc1)c1ccc(F)nc1. The predicted molar refractivity (Wildman–Crippen MR) is 173 cm³/mol. The molecule has 3 aromatic heterocycles. The summed E-state index contributed by atoms with van der Waals surface area (Å²) in [5, 5.41) is 3.25. The molecule has 0 fully saturated rings. The monoisotopic (exact) mass is 695 g/mol. The highest BCUT2D eigenvalue weighted by Crippen LogP contribution is 2.38. The van der Waals surface area contributed by atoms with Gasteiger partial charge in [-0.05, 0) is 73.0 Å². The molecule has 2 aromatic carbocycles. The molecule has 6 rings (SSSR count). The summed E-state index contributed by atoms with van der Waals surface area (Å²) in [6.07, 6.45) is 3.79. The van der Waals surface area contributed by atoms with Crippen molar-refractivity contribution >= 4 is 5.84 Å². The van der Waals surface area contributed by atoms with Crippen molar-refractivity contribution in [3.8, 4) is 0 Å². The third-order valence-corrected chi connectivity index (χ3v) is 8.34. The Kier molecular flexibility index (Phi) is 10.4. The maximum absolute atomic E-state index is 13.6. The molecule has 260 valence electrons. The molecule has 50 heavy (non-hydrogen) atoms. The van der Waals surface area contributed by atoms with Crippen molar-refractivity contribution in [1.82, 2.24) is 20.0 Å². The minimum Gasteiger partial charge on any atom is -0.354 e. The number of aromatic nitrogens is 3. The minimum absolute atomic E-state index is 0.285. The fourth-order valence-electron chi connectivity index (χ4n) is 5.69. The maximum atomic E-state index is 13.6. The van der Waals surface area contributed by atoms with Crippen LogP contribution in [0.2, 0.25) is 0 Å². The van der Waals surface area contributed by atoms with E-state index in [1.54, 1.807) is 38.1 Å². The molecular weight excluding hydrogens is 664 g/mol. The van der Waals surface area contributed by atoms with Crippen molar-refractivity contribution in [2.24, 2.45) is 16.5 Å². The van der Waals surface area contributed by atoms with Gasteiger partial charge >= 0.3 is 6.61 Å². The Morgan fingerprint density at radius 1 is 0.820 bits per heavy atom. The van der Waals surface area contributed by atoms with Crippen molar-refractivity contribution in [3.05, 3.63) is 165 Å². The number of rotatable bonds is 8. The second-order valence-corrected chi connectivity index (χ2v) is 11.4. The number of pyridine rings is 3. The van der Waals surface area contributed by atoms with Crippen LogP contribution in [0.25, 0.3) is 0 Å².